The zero-order chi connectivity index (χ0) is 14.2. The van der Waals surface area contributed by atoms with Gasteiger partial charge in [-0.2, -0.15) is 5.10 Å². The third kappa shape index (κ3) is 3.05. The molecule has 0 unspecified atom stereocenters. The molecular formula is C12H13BrN2O3S. The van der Waals surface area contributed by atoms with Crippen molar-refractivity contribution in [1.29, 1.82) is 0 Å². The van der Waals surface area contributed by atoms with E-state index in [4.69, 9.17) is 0 Å². The van der Waals surface area contributed by atoms with Crippen molar-refractivity contribution < 1.29 is 13.5 Å². The quantitative estimate of drug-likeness (QED) is 0.925. The van der Waals surface area contributed by atoms with Crippen LogP contribution in [0, 0.1) is 0 Å². The number of nitrogens with zero attached hydrogens (tertiary/aromatic N) is 2. The molecule has 0 bridgehead atoms. The van der Waals surface area contributed by atoms with E-state index in [1.54, 1.807) is 25.1 Å². The van der Waals surface area contributed by atoms with Crippen molar-refractivity contribution in [3.63, 3.8) is 0 Å². The average Bonchev–Trinajstić information content (AvgIpc) is 2.76. The molecule has 5 nitrogen and oxygen atoms in total. The number of hydrogen-bond donors (Lipinski definition) is 1. The van der Waals surface area contributed by atoms with Gasteiger partial charge in [0.1, 0.15) is 4.90 Å². The Morgan fingerprint density at radius 2 is 2.11 bits per heavy atom. The van der Waals surface area contributed by atoms with Crippen LogP contribution in [0.3, 0.4) is 0 Å². The molecule has 1 aromatic carbocycles. The van der Waals surface area contributed by atoms with Gasteiger partial charge in [-0.05, 0) is 24.6 Å². The Labute approximate surface area is 119 Å². The van der Waals surface area contributed by atoms with E-state index in [-0.39, 0.29) is 4.90 Å². The lowest BCUT2D eigenvalue weighted by Gasteiger charge is -2.09. The molecule has 0 spiro atoms. The van der Waals surface area contributed by atoms with Gasteiger partial charge in [0.05, 0.1) is 18.0 Å². The number of aromatic nitrogens is 2. The van der Waals surface area contributed by atoms with Crippen LogP contribution < -0.4 is 0 Å². The Balaban J connectivity index is 2.43. The standard InChI is InChI=1S/C12H13BrN2O3S/c1-8(16)11-4-3-9(5-12(11)13)15-7-10(6-14-15)19(2,17)18/h3-8,16H,1-2H3/t8-/m0/s1. The molecule has 19 heavy (non-hydrogen) atoms. The van der Waals surface area contributed by atoms with E-state index in [2.05, 4.69) is 21.0 Å². The van der Waals surface area contributed by atoms with E-state index < -0.39 is 15.9 Å². The molecule has 0 radical (unpaired) electrons. The molecule has 2 aromatic rings. The van der Waals surface area contributed by atoms with Crippen LogP contribution in [0.1, 0.15) is 18.6 Å². The van der Waals surface area contributed by atoms with Crippen LogP contribution in [-0.2, 0) is 9.84 Å². The predicted octanol–water partition coefficient (Wildman–Crippen LogP) is 2.09. The molecule has 1 heterocycles. The Morgan fingerprint density at radius 1 is 1.42 bits per heavy atom. The summed E-state index contributed by atoms with van der Waals surface area (Å²) in [5, 5.41) is 13.6. The van der Waals surface area contributed by atoms with E-state index in [1.807, 2.05) is 0 Å². The highest BCUT2D eigenvalue weighted by Gasteiger charge is 2.12. The summed E-state index contributed by atoms with van der Waals surface area (Å²) in [5.41, 5.74) is 1.48. The van der Waals surface area contributed by atoms with Gasteiger partial charge in [-0.1, -0.05) is 22.0 Å². The van der Waals surface area contributed by atoms with Crippen LogP contribution >= 0.6 is 15.9 Å². The topological polar surface area (TPSA) is 72.2 Å². The minimum atomic E-state index is -3.26. The fourth-order valence-electron chi connectivity index (χ4n) is 1.64. The summed E-state index contributed by atoms with van der Waals surface area (Å²) in [6, 6.07) is 5.32. The van der Waals surface area contributed by atoms with Gasteiger partial charge in [0.25, 0.3) is 0 Å². The minimum Gasteiger partial charge on any atom is -0.389 e. The summed E-state index contributed by atoms with van der Waals surface area (Å²) in [4.78, 5) is 0.170. The first-order valence-electron chi connectivity index (χ1n) is 5.51. The Morgan fingerprint density at radius 3 is 2.58 bits per heavy atom. The van der Waals surface area contributed by atoms with E-state index in [0.29, 0.717) is 5.69 Å². The number of benzene rings is 1. The summed E-state index contributed by atoms with van der Waals surface area (Å²) in [6.07, 6.45) is 3.33. The van der Waals surface area contributed by atoms with E-state index in [9.17, 15) is 13.5 Å². The van der Waals surface area contributed by atoms with Crippen molar-refractivity contribution in [1.82, 2.24) is 9.78 Å². The molecule has 0 saturated carbocycles. The zero-order valence-corrected chi connectivity index (χ0v) is 12.8. The van der Waals surface area contributed by atoms with Crippen molar-refractivity contribution >= 4 is 25.8 Å². The van der Waals surface area contributed by atoms with Crippen LogP contribution in [0.5, 0.6) is 0 Å². The van der Waals surface area contributed by atoms with Crippen molar-refractivity contribution in [2.75, 3.05) is 6.26 Å². The molecule has 0 fully saturated rings. The molecule has 7 heteroatoms. The maximum absolute atomic E-state index is 11.4. The first-order valence-corrected chi connectivity index (χ1v) is 8.20. The number of rotatable bonds is 3. The Bertz CT molecular complexity index is 708. The van der Waals surface area contributed by atoms with Gasteiger partial charge >= 0.3 is 0 Å². The number of halogens is 1. The lowest BCUT2D eigenvalue weighted by Crippen LogP contribution is -1.98. The van der Waals surface area contributed by atoms with Gasteiger partial charge in [0.2, 0.25) is 0 Å². The number of aliphatic hydroxyl groups excluding tert-OH is 1. The van der Waals surface area contributed by atoms with Gasteiger partial charge in [0, 0.05) is 16.9 Å². The van der Waals surface area contributed by atoms with Crippen molar-refractivity contribution in [3.05, 3.63) is 40.6 Å². The highest BCUT2D eigenvalue weighted by molar-refractivity contribution is 9.10. The van der Waals surface area contributed by atoms with Crippen LogP contribution in [0.15, 0.2) is 40.0 Å². The van der Waals surface area contributed by atoms with Gasteiger partial charge < -0.3 is 5.11 Å². The SMILES string of the molecule is C[C@H](O)c1ccc(-n2cc(S(C)(=O)=O)cn2)cc1Br. The molecular weight excluding hydrogens is 332 g/mol. The molecule has 1 atom stereocenters. The number of sulfone groups is 1. The van der Waals surface area contributed by atoms with E-state index >= 15 is 0 Å². The minimum absolute atomic E-state index is 0.170. The van der Waals surface area contributed by atoms with Crippen LogP contribution in [0.4, 0.5) is 0 Å². The summed E-state index contributed by atoms with van der Waals surface area (Å²) in [7, 11) is -3.26. The third-order valence-electron chi connectivity index (χ3n) is 2.69. The molecule has 1 N–H and O–H groups in total. The highest BCUT2D eigenvalue weighted by atomic mass is 79.9. The molecule has 0 amide bonds. The third-order valence-corrected chi connectivity index (χ3v) is 4.44. The second-order valence-corrected chi connectivity index (χ2v) is 7.14. The molecule has 102 valence electrons. The maximum Gasteiger partial charge on any atom is 0.178 e. The van der Waals surface area contributed by atoms with Gasteiger partial charge in [0.15, 0.2) is 9.84 Å². The molecule has 2 rings (SSSR count). The average molecular weight is 345 g/mol. The molecule has 0 aliphatic rings. The molecule has 0 aliphatic carbocycles. The zero-order valence-electron chi connectivity index (χ0n) is 10.4. The van der Waals surface area contributed by atoms with Crippen molar-refractivity contribution in [2.45, 2.75) is 17.9 Å². The van der Waals surface area contributed by atoms with Crippen molar-refractivity contribution in [3.8, 4) is 5.69 Å². The van der Waals surface area contributed by atoms with Crippen LogP contribution in [-0.4, -0.2) is 29.6 Å². The fraction of sp³-hybridized carbons (Fsp3) is 0.250. The second-order valence-electron chi connectivity index (χ2n) is 4.27. The molecule has 0 saturated heterocycles. The summed E-state index contributed by atoms with van der Waals surface area (Å²) in [6.45, 7) is 1.68. The number of hydrogen-bond acceptors (Lipinski definition) is 4. The monoisotopic (exact) mass is 344 g/mol. The van der Waals surface area contributed by atoms with Crippen molar-refractivity contribution in [2.24, 2.45) is 0 Å². The largest absolute Gasteiger partial charge is 0.389 e. The maximum atomic E-state index is 11.4. The lowest BCUT2D eigenvalue weighted by atomic mass is 10.1. The Kier molecular flexibility index (Phi) is 3.80. The first kappa shape index (κ1) is 14.2. The number of aliphatic hydroxyl groups is 1. The van der Waals surface area contributed by atoms with Gasteiger partial charge in [-0.15, -0.1) is 0 Å². The molecule has 1 aromatic heterocycles. The second kappa shape index (κ2) is 5.07. The smallest absolute Gasteiger partial charge is 0.178 e. The fourth-order valence-corrected chi connectivity index (χ4v) is 2.86. The Hall–Kier alpha value is -1.18. The predicted molar refractivity (Wildman–Crippen MR) is 75.0 cm³/mol. The first-order chi connectivity index (χ1) is 8.79. The van der Waals surface area contributed by atoms with Gasteiger partial charge in [-0.25, -0.2) is 13.1 Å². The van der Waals surface area contributed by atoms with E-state index in [1.165, 1.54) is 17.1 Å². The van der Waals surface area contributed by atoms with Gasteiger partial charge in [-0.3, -0.25) is 0 Å². The van der Waals surface area contributed by atoms with E-state index in [0.717, 1.165) is 16.3 Å². The highest BCUT2D eigenvalue weighted by Crippen LogP contribution is 2.26. The summed E-state index contributed by atoms with van der Waals surface area (Å²) in [5.74, 6) is 0. The normalized spacial score (nSPS) is 13.5. The van der Waals surface area contributed by atoms with Crippen LogP contribution in [0.2, 0.25) is 0 Å². The molecule has 0 aliphatic heterocycles. The summed E-state index contributed by atoms with van der Waals surface area (Å²) < 4.78 is 25.0. The lowest BCUT2D eigenvalue weighted by molar-refractivity contribution is 0.198. The summed E-state index contributed by atoms with van der Waals surface area (Å²) >= 11 is 3.37. The van der Waals surface area contributed by atoms with Crippen LogP contribution in [0.25, 0.3) is 5.69 Å².